The normalized spacial score (nSPS) is 15.2. The molecule has 0 saturated carbocycles. The van der Waals surface area contributed by atoms with Gasteiger partial charge in [-0.25, -0.2) is 8.42 Å². The quantitative estimate of drug-likeness (QED) is 0.499. The van der Waals surface area contributed by atoms with Gasteiger partial charge in [-0.15, -0.1) is 0 Å². The summed E-state index contributed by atoms with van der Waals surface area (Å²) in [4.78, 5) is 7.01. The fraction of sp³-hybridized carbons (Fsp3) is 0.320. The first kappa shape index (κ1) is 23.1. The third kappa shape index (κ3) is 5.12. The van der Waals surface area contributed by atoms with Gasteiger partial charge in [0.15, 0.2) is 11.5 Å². The van der Waals surface area contributed by atoms with Crippen molar-refractivity contribution in [1.82, 2.24) is 9.88 Å². The van der Waals surface area contributed by atoms with E-state index in [1.165, 1.54) is 0 Å². The Bertz CT molecular complexity index is 1150. The number of anilines is 1. The predicted molar refractivity (Wildman–Crippen MR) is 128 cm³/mol. The van der Waals surface area contributed by atoms with Crippen LogP contribution < -0.4 is 13.8 Å². The molecule has 0 aliphatic carbocycles. The number of rotatable bonds is 8. The molecule has 0 unspecified atom stereocenters. The highest BCUT2D eigenvalue weighted by molar-refractivity contribution is 7.92. The summed E-state index contributed by atoms with van der Waals surface area (Å²) in [7, 11) is -0.656. The molecule has 1 aromatic heterocycles. The summed E-state index contributed by atoms with van der Waals surface area (Å²) in [5.41, 5.74) is 1.59. The predicted octanol–water partition coefficient (Wildman–Crippen LogP) is 3.96. The number of aromatic nitrogens is 1. The van der Waals surface area contributed by atoms with Crippen molar-refractivity contribution in [2.45, 2.75) is 30.3 Å². The Morgan fingerprint density at radius 3 is 2.27 bits per heavy atom. The molecule has 1 fully saturated rings. The van der Waals surface area contributed by atoms with Gasteiger partial charge in [-0.2, -0.15) is 0 Å². The number of hydrogen-bond acceptors (Lipinski definition) is 6. The number of likely N-dealkylation sites (tertiary alicyclic amines) is 1. The van der Waals surface area contributed by atoms with Crippen LogP contribution in [0.5, 0.6) is 11.5 Å². The standard InChI is InChI=1S/C25H29N3O4S/c1-31-24-12-11-22(18-25(24)32-2)28(33(29,30)23-9-4-3-5-10-23)21-13-16-27(17-14-21)19-20-8-6-7-15-26-20/h3-12,15,18,21H,13-14,16-17,19H2,1-2H3. The molecule has 0 spiro atoms. The van der Waals surface area contributed by atoms with Gasteiger partial charge in [-0.05, 0) is 49.2 Å². The highest BCUT2D eigenvalue weighted by Gasteiger charge is 2.34. The van der Waals surface area contributed by atoms with Crippen LogP contribution in [0.4, 0.5) is 5.69 Å². The lowest BCUT2D eigenvalue weighted by Gasteiger charge is -2.39. The number of sulfonamides is 1. The van der Waals surface area contributed by atoms with Crippen LogP contribution in [0, 0.1) is 0 Å². The van der Waals surface area contributed by atoms with Gasteiger partial charge in [0.1, 0.15) is 0 Å². The number of benzene rings is 2. The molecule has 1 aliphatic rings. The van der Waals surface area contributed by atoms with Crippen LogP contribution in [0.1, 0.15) is 18.5 Å². The smallest absolute Gasteiger partial charge is 0.264 e. The summed E-state index contributed by atoms with van der Waals surface area (Å²) < 4.78 is 39.9. The zero-order chi connectivity index (χ0) is 23.3. The molecule has 0 bridgehead atoms. The fourth-order valence-corrected chi connectivity index (χ4v) is 5.97. The molecule has 8 heteroatoms. The Hall–Kier alpha value is -3.10. The van der Waals surface area contributed by atoms with E-state index in [0.717, 1.165) is 25.3 Å². The van der Waals surface area contributed by atoms with Gasteiger partial charge in [0.2, 0.25) is 0 Å². The second-order valence-electron chi connectivity index (χ2n) is 7.98. The van der Waals surface area contributed by atoms with Crippen molar-refractivity contribution < 1.29 is 17.9 Å². The molecule has 3 aromatic rings. The minimum absolute atomic E-state index is 0.173. The van der Waals surface area contributed by atoms with Crippen LogP contribution in [0.25, 0.3) is 0 Å². The molecule has 1 saturated heterocycles. The van der Waals surface area contributed by atoms with E-state index in [9.17, 15) is 8.42 Å². The first-order valence-electron chi connectivity index (χ1n) is 11.0. The summed E-state index contributed by atoms with van der Waals surface area (Å²) >= 11 is 0. The second kappa shape index (κ2) is 10.2. The molecule has 4 rings (SSSR count). The molecule has 1 aliphatic heterocycles. The highest BCUT2D eigenvalue weighted by Crippen LogP contribution is 2.36. The van der Waals surface area contributed by atoms with Crippen molar-refractivity contribution in [3.8, 4) is 11.5 Å². The van der Waals surface area contributed by atoms with Crippen molar-refractivity contribution >= 4 is 15.7 Å². The Balaban J connectivity index is 1.63. The number of ether oxygens (including phenoxy) is 2. The van der Waals surface area contributed by atoms with Crippen LogP contribution in [0.2, 0.25) is 0 Å². The molecule has 2 aromatic carbocycles. The minimum Gasteiger partial charge on any atom is -0.493 e. The minimum atomic E-state index is -3.77. The monoisotopic (exact) mass is 467 g/mol. The van der Waals surface area contributed by atoms with E-state index in [2.05, 4.69) is 9.88 Å². The molecule has 0 atom stereocenters. The lowest BCUT2D eigenvalue weighted by molar-refractivity contribution is 0.204. The second-order valence-corrected chi connectivity index (χ2v) is 9.80. The number of hydrogen-bond donors (Lipinski definition) is 0. The third-order valence-electron chi connectivity index (χ3n) is 5.92. The van der Waals surface area contributed by atoms with E-state index >= 15 is 0 Å². The summed E-state index contributed by atoms with van der Waals surface area (Å²) in [5, 5.41) is 0. The van der Waals surface area contributed by atoms with Gasteiger partial charge in [0.05, 0.1) is 30.5 Å². The lowest BCUT2D eigenvalue weighted by Crippen LogP contribution is -2.47. The Labute approximate surface area is 195 Å². The van der Waals surface area contributed by atoms with Crippen LogP contribution in [0.3, 0.4) is 0 Å². The highest BCUT2D eigenvalue weighted by atomic mass is 32.2. The molecule has 0 radical (unpaired) electrons. The van der Waals surface area contributed by atoms with Crippen molar-refractivity contribution in [2.24, 2.45) is 0 Å². The van der Waals surface area contributed by atoms with Crippen molar-refractivity contribution in [1.29, 1.82) is 0 Å². The summed E-state index contributed by atoms with van der Waals surface area (Å²) in [6.45, 7) is 2.33. The van der Waals surface area contributed by atoms with Crippen molar-refractivity contribution in [3.63, 3.8) is 0 Å². The molecule has 2 heterocycles. The molecule has 7 nitrogen and oxygen atoms in total. The summed E-state index contributed by atoms with van der Waals surface area (Å²) in [6.07, 6.45) is 3.23. The van der Waals surface area contributed by atoms with Crippen LogP contribution >= 0.6 is 0 Å². The van der Waals surface area contributed by atoms with E-state index in [1.807, 2.05) is 24.3 Å². The molecule has 174 valence electrons. The zero-order valence-corrected chi connectivity index (χ0v) is 19.7. The van der Waals surface area contributed by atoms with Crippen LogP contribution in [0.15, 0.2) is 77.8 Å². The van der Waals surface area contributed by atoms with Crippen LogP contribution in [-0.4, -0.2) is 51.7 Å². The maximum Gasteiger partial charge on any atom is 0.264 e. The fourth-order valence-electron chi connectivity index (χ4n) is 4.25. The van der Waals surface area contributed by atoms with E-state index in [1.54, 1.807) is 67.2 Å². The molecule has 0 N–H and O–H groups in total. The summed E-state index contributed by atoms with van der Waals surface area (Å²) in [5.74, 6) is 1.05. The van der Waals surface area contributed by atoms with Crippen molar-refractivity contribution in [2.75, 3.05) is 31.6 Å². The number of methoxy groups -OCH3 is 2. The Kier molecular flexibility index (Phi) is 7.15. The number of nitrogens with zero attached hydrogens (tertiary/aromatic N) is 3. The largest absolute Gasteiger partial charge is 0.493 e. The first-order valence-corrected chi connectivity index (χ1v) is 12.4. The van der Waals surface area contributed by atoms with E-state index in [4.69, 9.17) is 9.47 Å². The SMILES string of the molecule is COc1ccc(N(C2CCN(Cc3ccccn3)CC2)S(=O)(=O)c2ccccc2)cc1OC. The Morgan fingerprint density at radius 1 is 0.939 bits per heavy atom. The van der Waals surface area contributed by atoms with Gasteiger partial charge in [0.25, 0.3) is 10.0 Å². The van der Waals surface area contributed by atoms with E-state index in [-0.39, 0.29) is 10.9 Å². The van der Waals surface area contributed by atoms with E-state index in [0.29, 0.717) is 30.0 Å². The van der Waals surface area contributed by atoms with E-state index < -0.39 is 10.0 Å². The maximum absolute atomic E-state index is 13.8. The maximum atomic E-state index is 13.8. The van der Waals surface area contributed by atoms with Gasteiger partial charge < -0.3 is 9.47 Å². The molecule has 0 amide bonds. The van der Waals surface area contributed by atoms with Gasteiger partial charge in [0, 0.05) is 37.9 Å². The van der Waals surface area contributed by atoms with Gasteiger partial charge >= 0.3 is 0 Å². The summed E-state index contributed by atoms with van der Waals surface area (Å²) in [6, 6.07) is 19.6. The molecular weight excluding hydrogens is 438 g/mol. The molecular formula is C25H29N3O4S. The average Bonchev–Trinajstić information content (AvgIpc) is 2.86. The Morgan fingerprint density at radius 2 is 1.64 bits per heavy atom. The topological polar surface area (TPSA) is 72.0 Å². The average molecular weight is 468 g/mol. The first-order chi connectivity index (χ1) is 16.0. The van der Waals surface area contributed by atoms with Crippen LogP contribution in [-0.2, 0) is 16.6 Å². The van der Waals surface area contributed by atoms with Gasteiger partial charge in [-0.1, -0.05) is 24.3 Å². The molecule has 33 heavy (non-hydrogen) atoms. The third-order valence-corrected chi connectivity index (χ3v) is 7.82. The number of pyridine rings is 1. The number of piperidine rings is 1. The lowest BCUT2D eigenvalue weighted by atomic mass is 10.0. The van der Waals surface area contributed by atoms with Crippen molar-refractivity contribution in [3.05, 3.63) is 78.6 Å². The zero-order valence-electron chi connectivity index (χ0n) is 18.9. The van der Waals surface area contributed by atoms with Gasteiger partial charge in [-0.3, -0.25) is 14.2 Å².